The first-order valence-corrected chi connectivity index (χ1v) is 8.40. The zero-order valence-corrected chi connectivity index (χ0v) is 15.4. The number of pyridine rings is 2. The Morgan fingerprint density at radius 3 is 1.97 bits per heavy atom. The van der Waals surface area contributed by atoms with Gasteiger partial charge in [0, 0.05) is 18.6 Å². The summed E-state index contributed by atoms with van der Waals surface area (Å²) in [5.74, 6) is -0.0231. The Morgan fingerprint density at radius 1 is 0.828 bits per heavy atom. The van der Waals surface area contributed by atoms with E-state index < -0.39 is 23.5 Å². The van der Waals surface area contributed by atoms with Crippen molar-refractivity contribution >= 4 is 35.4 Å². The molecule has 0 N–H and O–H groups in total. The van der Waals surface area contributed by atoms with Gasteiger partial charge in [0.15, 0.2) is 5.82 Å². The van der Waals surface area contributed by atoms with Crippen LogP contribution in [0.15, 0.2) is 36.8 Å². The smallest absolute Gasteiger partial charge is 0.255 e. The lowest BCUT2D eigenvalue weighted by Gasteiger charge is -2.08. The quantitative estimate of drug-likeness (QED) is 0.445. The average molecular weight is 453 g/mol. The van der Waals surface area contributed by atoms with Crippen LogP contribution < -0.4 is 0 Å². The summed E-state index contributed by atoms with van der Waals surface area (Å²) in [6, 6.07) is 2.97. The first-order chi connectivity index (χ1) is 13.4. The fourth-order valence-corrected chi connectivity index (χ4v) is 2.67. The molecular formula is C17H8Cl2F6N4. The number of nitrogens with zero attached hydrogens (tertiary/aromatic N) is 4. The molecule has 3 heterocycles. The zero-order chi connectivity index (χ0) is 21.4. The Kier molecular flexibility index (Phi) is 5.59. The van der Waals surface area contributed by atoms with Crippen molar-refractivity contribution in [1.82, 2.24) is 19.7 Å². The van der Waals surface area contributed by atoms with E-state index in [0.717, 1.165) is 16.8 Å². The number of alkyl halides is 6. The maximum atomic E-state index is 12.7. The van der Waals surface area contributed by atoms with Crippen LogP contribution in [-0.4, -0.2) is 19.7 Å². The van der Waals surface area contributed by atoms with Crippen molar-refractivity contribution in [3.05, 3.63) is 69.3 Å². The number of aromatic nitrogens is 4. The molecule has 0 aromatic carbocycles. The maximum absolute atomic E-state index is 12.7. The molecule has 0 aliphatic heterocycles. The molecule has 0 saturated heterocycles. The van der Waals surface area contributed by atoms with Crippen LogP contribution in [0.25, 0.3) is 18.0 Å². The SMILES string of the molecule is FC(F)(F)c1cnc(C=Cc2ccn(-c3ncc(C(F)(F)F)cc3Cl)n2)c(Cl)c1. The molecule has 0 bridgehead atoms. The third-order valence-corrected chi connectivity index (χ3v) is 4.17. The molecule has 0 radical (unpaired) electrons. The third kappa shape index (κ3) is 4.88. The van der Waals surface area contributed by atoms with Crippen molar-refractivity contribution in [3.63, 3.8) is 0 Å². The second-order valence-corrected chi connectivity index (χ2v) is 6.45. The summed E-state index contributed by atoms with van der Waals surface area (Å²) in [4.78, 5) is 7.34. The number of hydrogen-bond donors (Lipinski definition) is 0. The molecule has 3 aromatic rings. The molecule has 12 heteroatoms. The molecule has 3 rings (SSSR count). The van der Waals surface area contributed by atoms with E-state index in [-0.39, 0.29) is 21.6 Å². The summed E-state index contributed by atoms with van der Waals surface area (Å²) < 4.78 is 77.1. The molecule has 4 nitrogen and oxygen atoms in total. The van der Waals surface area contributed by atoms with Gasteiger partial charge in [-0.15, -0.1) is 0 Å². The third-order valence-electron chi connectivity index (χ3n) is 3.58. The predicted molar refractivity (Wildman–Crippen MR) is 94.5 cm³/mol. The Balaban J connectivity index is 1.82. The Hall–Kier alpha value is -2.59. The molecule has 0 atom stereocenters. The van der Waals surface area contributed by atoms with Crippen LogP contribution in [0.3, 0.4) is 0 Å². The highest BCUT2D eigenvalue weighted by Crippen LogP contribution is 2.32. The lowest BCUT2D eigenvalue weighted by atomic mass is 10.2. The molecule has 0 unspecified atom stereocenters. The van der Waals surface area contributed by atoms with E-state index in [9.17, 15) is 26.3 Å². The fourth-order valence-electron chi connectivity index (χ4n) is 2.19. The zero-order valence-electron chi connectivity index (χ0n) is 13.9. The highest BCUT2D eigenvalue weighted by atomic mass is 35.5. The van der Waals surface area contributed by atoms with Crippen molar-refractivity contribution in [2.45, 2.75) is 12.4 Å². The minimum absolute atomic E-state index is 0.0231. The number of hydrogen-bond acceptors (Lipinski definition) is 3. The van der Waals surface area contributed by atoms with Gasteiger partial charge >= 0.3 is 12.4 Å². The van der Waals surface area contributed by atoms with Gasteiger partial charge in [0.1, 0.15) is 0 Å². The lowest BCUT2D eigenvalue weighted by Crippen LogP contribution is -2.08. The average Bonchev–Trinajstić information content (AvgIpc) is 3.07. The van der Waals surface area contributed by atoms with Crippen LogP contribution in [0, 0.1) is 0 Å². The van der Waals surface area contributed by atoms with Crippen molar-refractivity contribution in [2.75, 3.05) is 0 Å². The van der Waals surface area contributed by atoms with Crippen LogP contribution in [0.5, 0.6) is 0 Å². The van der Waals surface area contributed by atoms with Gasteiger partial charge in [-0.2, -0.15) is 31.4 Å². The normalized spacial score (nSPS) is 12.7. The van der Waals surface area contributed by atoms with Crippen molar-refractivity contribution < 1.29 is 26.3 Å². The van der Waals surface area contributed by atoms with E-state index in [4.69, 9.17) is 23.2 Å². The molecular weight excluding hydrogens is 445 g/mol. The van der Waals surface area contributed by atoms with E-state index >= 15 is 0 Å². The topological polar surface area (TPSA) is 43.6 Å². The summed E-state index contributed by atoms with van der Waals surface area (Å²) in [6.45, 7) is 0. The van der Waals surface area contributed by atoms with E-state index in [2.05, 4.69) is 15.1 Å². The van der Waals surface area contributed by atoms with E-state index in [1.165, 1.54) is 24.4 Å². The summed E-state index contributed by atoms with van der Waals surface area (Å²) >= 11 is 11.7. The lowest BCUT2D eigenvalue weighted by molar-refractivity contribution is -0.138. The maximum Gasteiger partial charge on any atom is 0.417 e. The highest BCUT2D eigenvalue weighted by Gasteiger charge is 2.32. The van der Waals surface area contributed by atoms with Crippen LogP contribution >= 0.6 is 23.2 Å². The van der Waals surface area contributed by atoms with Gasteiger partial charge in [-0.05, 0) is 30.4 Å². The monoisotopic (exact) mass is 452 g/mol. The van der Waals surface area contributed by atoms with Crippen LogP contribution in [0.4, 0.5) is 26.3 Å². The summed E-state index contributed by atoms with van der Waals surface area (Å²) in [5.41, 5.74) is -1.58. The first-order valence-electron chi connectivity index (χ1n) is 7.65. The van der Waals surface area contributed by atoms with Gasteiger partial charge in [0.05, 0.1) is 32.6 Å². The predicted octanol–water partition coefficient (Wildman–Crippen LogP) is 6.18. The number of halogens is 8. The van der Waals surface area contributed by atoms with Gasteiger partial charge in [-0.3, -0.25) is 4.98 Å². The van der Waals surface area contributed by atoms with Crippen LogP contribution in [0.1, 0.15) is 22.5 Å². The summed E-state index contributed by atoms with van der Waals surface area (Å²) in [7, 11) is 0. The molecule has 0 aliphatic rings. The Labute approximate surface area is 169 Å². The highest BCUT2D eigenvalue weighted by molar-refractivity contribution is 6.32. The minimum Gasteiger partial charge on any atom is -0.255 e. The Morgan fingerprint density at radius 2 is 1.41 bits per heavy atom. The molecule has 0 fully saturated rings. The van der Waals surface area contributed by atoms with Gasteiger partial charge in [-0.25, -0.2) is 9.67 Å². The fraction of sp³-hybridized carbons (Fsp3) is 0.118. The summed E-state index contributed by atoms with van der Waals surface area (Å²) in [6.07, 6.45) is -3.71. The summed E-state index contributed by atoms with van der Waals surface area (Å²) in [5, 5.41) is 3.62. The second kappa shape index (κ2) is 7.68. The van der Waals surface area contributed by atoms with Gasteiger partial charge in [-0.1, -0.05) is 23.2 Å². The standard InChI is InChI=1S/C17H8Cl2F6N4/c18-12-5-9(16(20,21)22)7-26-14(12)2-1-11-3-4-29(28-11)15-13(19)6-10(8-27-15)17(23,24)25/h1-8H. The van der Waals surface area contributed by atoms with E-state index in [1.807, 2.05) is 0 Å². The molecule has 0 aliphatic carbocycles. The first kappa shape index (κ1) is 21.1. The molecule has 152 valence electrons. The largest absolute Gasteiger partial charge is 0.417 e. The van der Waals surface area contributed by atoms with Gasteiger partial charge in [0.25, 0.3) is 0 Å². The molecule has 0 saturated carbocycles. The van der Waals surface area contributed by atoms with Crippen LogP contribution in [-0.2, 0) is 12.4 Å². The molecule has 3 aromatic heterocycles. The van der Waals surface area contributed by atoms with Crippen molar-refractivity contribution in [3.8, 4) is 5.82 Å². The van der Waals surface area contributed by atoms with Gasteiger partial charge < -0.3 is 0 Å². The second-order valence-electron chi connectivity index (χ2n) is 5.63. The van der Waals surface area contributed by atoms with Gasteiger partial charge in [0.2, 0.25) is 0 Å². The van der Waals surface area contributed by atoms with E-state index in [0.29, 0.717) is 18.1 Å². The van der Waals surface area contributed by atoms with E-state index in [1.54, 1.807) is 0 Å². The molecule has 0 spiro atoms. The van der Waals surface area contributed by atoms with Crippen LogP contribution in [0.2, 0.25) is 10.0 Å². The minimum atomic E-state index is -4.58. The number of rotatable bonds is 3. The van der Waals surface area contributed by atoms with Crippen molar-refractivity contribution in [1.29, 1.82) is 0 Å². The molecule has 29 heavy (non-hydrogen) atoms. The molecule has 0 amide bonds. The Bertz CT molecular complexity index is 1070. The van der Waals surface area contributed by atoms with Crippen molar-refractivity contribution in [2.24, 2.45) is 0 Å².